The first-order chi connectivity index (χ1) is 8.92. The molecular weight excluding hydrogens is 355 g/mol. The van der Waals surface area contributed by atoms with E-state index in [4.69, 9.17) is 5.26 Å². The van der Waals surface area contributed by atoms with Crippen molar-refractivity contribution < 1.29 is 12.8 Å². The lowest BCUT2D eigenvalue weighted by Gasteiger charge is -2.06. The first-order valence-corrected chi connectivity index (χ1v) is 7.99. The second kappa shape index (κ2) is 5.28. The number of hydrogen-bond donors (Lipinski definition) is 1. The molecule has 0 saturated heterocycles. The summed E-state index contributed by atoms with van der Waals surface area (Å²) in [6.07, 6.45) is 0. The average Bonchev–Trinajstić information content (AvgIpc) is 2.79. The van der Waals surface area contributed by atoms with Gasteiger partial charge >= 0.3 is 0 Å². The third-order valence-corrected chi connectivity index (χ3v) is 5.65. The van der Waals surface area contributed by atoms with Crippen molar-refractivity contribution in [2.75, 3.05) is 4.72 Å². The minimum Gasteiger partial charge on any atom is -0.279 e. The van der Waals surface area contributed by atoms with Crippen LogP contribution in [0.25, 0.3) is 0 Å². The van der Waals surface area contributed by atoms with Gasteiger partial charge in [0.2, 0.25) is 0 Å². The van der Waals surface area contributed by atoms with Crippen LogP contribution in [0.3, 0.4) is 0 Å². The zero-order valence-corrected chi connectivity index (χ0v) is 12.4. The Hall–Kier alpha value is -1.43. The molecule has 0 aliphatic carbocycles. The normalized spacial score (nSPS) is 11.0. The van der Waals surface area contributed by atoms with Crippen LogP contribution in [-0.2, 0) is 10.0 Å². The summed E-state index contributed by atoms with van der Waals surface area (Å²) in [5.74, 6) is -0.690. The van der Waals surface area contributed by atoms with Crippen molar-refractivity contribution in [3.8, 4) is 6.07 Å². The molecule has 0 amide bonds. The van der Waals surface area contributed by atoms with E-state index < -0.39 is 15.8 Å². The van der Waals surface area contributed by atoms with Gasteiger partial charge in [-0.1, -0.05) is 0 Å². The highest BCUT2D eigenvalue weighted by molar-refractivity contribution is 9.11. The van der Waals surface area contributed by atoms with Gasteiger partial charge in [-0.2, -0.15) is 5.26 Å². The number of nitrogens with one attached hydrogen (secondary N) is 1. The highest BCUT2D eigenvalue weighted by Gasteiger charge is 2.17. The van der Waals surface area contributed by atoms with Gasteiger partial charge in [-0.05, 0) is 46.3 Å². The molecule has 2 aromatic rings. The topological polar surface area (TPSA) is 70.0 Å². The van der Waals surface area contributed by atoms with Gasteiger partial charge in [-0.3, -0.25) is 4.72 Å². The molecule has 1 aromatic heterocycles. The van der Waals surface area contributed by atoms with E-state index in [0.717, 1.165) is 23.5 Å². The molecule has 0 aliphatic heterocycles. The van der Waals surface area contributed by atoms with E-state index in [-0.39, 0.29) is 15.5 Å². The van der Waals surface area contributed by atoms with Crippen molar-refractivity contribution in [3.05, 3.63) is 45.5 Å². The smallest absolute Gasteiger partial charge is 0.271 e. The molecule has 1 heterocycles. The third-order valence-electron chi connectivity index (χ3n) is 2.15. The van der Waals surface area contributed by atoms with Crippen molar-refractivity contribution >= 4 is 43.0 Å². The lowest BCUT2D eigenvalue weighted by Crippen LogP contribution is -2.11. The summed E-state index contributed by atoms with van der Waals surface area (Å²) in [5, 5.41) is 8.69. The van der Waals surface area contributed by atoms with Crippen LogP contribution in [0.2, 0.25) is 0 Å². The highest BCUT2D eigenvalue weighted by atomic mass is 79.9. The maximum atomic E-state index is 13.1. The van der Waals surface area contributed by atoms with Gasteiger partial charge in [-0.25, -0.2) is 12.8 Å². The van der Waals surface area contributed by atoms with Crippen LogP contribution >= 0.6 is 27.3 Å². The van der Waals surface area contributed by atoms with Crippen molar-refractivity contribution in [2.45, 2.75) is 4.21 Å². The van der Waals surface area contributed by atoms with E-state index in [2.05, 4.69) is 20.7 Å². The molecule has 1 N–H and O–H groups in total. The maximum Gasteiger partial charge on any atom is 0.271 e. The van der Waals surface area contributed by atoms with Crippen LogP contribution in [0, 0.1) is 17.1 Å². The Balaban J connectivity index is 2.34. The molecular formula is C11H6BrFN2O2S2. The summed E-state index contributed by atoms with van der Waals surface area (Å²) >= 11 is 4.23. The molecule has 4 nitrogen and oxygen atoms in total. The van der Waals surface area contributed by atoms with Crippen LogP contribution in [-0.4, -0.2) is 8.42 Å². The van der Waals surface area contributed by atoms with Gasteiger partial charge in [0.05, 0.1) is 15.0 Å². The van der Waals surface area contributed by atoms with Crippen LogP contribution in [0.1, 0.15) is 5.56 Å². The number of anilines is 1. The summed E-state index contributed by atoms with van der Waals surface area (Å²) in [6.45, 7) is 0. The van der Waals surface area contributed by atoms with Gasteiger partial charge < -0.3 is 0 Å². The minimum absolute atomic E-state index is 0.127. The summed E-state index contributed by atoms with van der Waals surface area (Å²) in [4.78, 5) is 0. The van der Waals surface area contributed by atoms with E-state index in [0.29, 0.717) is 3.79 Å². The minimum atomic E-state index is -3.72. The van der Waals surface area contributed by atoms with E-state index in [1.165, 1.54) is 12.1 Å². The van der Waals surface area contributed by atoms with E-state index >= 15 is 0 Å². The Morgan fingerprint density at radius 1 is 1.32 bits per heavy atom. The average molecular weight is 361 g/mol. The van der Waals surface area contributed by atoms with E-state index in [9.17, 15) is 12.8 Å². The maximum absolute atomic E-state index is 13.1. The standard InChI is InChI=1S/C11H6BrFN2O2S2/c12-10-3-4-11(18-10)19(16,17)15-8-1-2-9(13)7(5-8)6-14/h1-5,15H. The lowest BCUT2D eigenvalue weighted by atomic mass is 10.2. The zero-order valence-electron chi connectivity index (χ0n) is 9.22. The fraction of sp³-hybridized carbons (Fsp3) is 0. The van der Waals surface area contributed by atoms with E-state index in [1.54, 1.807) is 12.1 Å². The number of hydrogen-bond acceptors (Lipinski definition) is 4. The molecule has 0 aliphatic rings. The molecule has 1 aromatic carbocycles. The van der Waals surface area contributed by atoms with Crippen LogP contribution < -0.4 is 4.72 Å². The second-order valence-corrected chi connectivity index (χ2v) is 7.84. The van der Waals surface area contributed by atoms with Crippen molar-refractivity contribution in [1.82, 2.24) is 0 Å². The predicted molar refractivity (Wildman–Crippen MR) is 73.9 cm³/mol. The number of nitrogens with zero attached hydrogens (tertiary/aromatic N) is 1. The monoisotopic (exact) mass is 360 g/mol. The molecule has 0 bridgehead atoms. The Labute approximate surface area is 121 Å². The number of nitriles is 1. The summed E-state index contributed by atoms with van der Waals surface area (Å²) < 4.78 is 40.2. The van der Waals surface area contributed by atoms with Crippen LogP contribution in [0.5, 0.6) is 0 Å². The molecule has 8 heteroatoms. The molecule has 0 fully saturated rings. The fourth-order valence-electron chi connectivity index (χ4n) is 1.32. The largest absolute Gasteiger partial charge is 0.279 e. The lowest BCUT2D eigenvalue weighted by molar-refractivity contribution is 0.603. The van der Waals surface area contributed by atoms with Crippen LogP contribution in [0.15, 0.2) is 38.3 Å². The molecule has 0 radical (unpaired) electrons. The summed E-state index contributed by atoms with van der Waals surface area (Å²) in [5.41, 5.74) is -0.0740. The van der Waals surface area contributed by atoms with Crippen molar-refractivity contribution in [2.24, 2.45) is 0 Å². The Bertz CT molecular complexity index is 765. The van der Waals surface area contributed by atoms with Gasteiger partial charge in [-0.15, -0.1) is 11.3 Å². The van der Waals surface area contributed by atoms with Gasteiger partial charge in [0, 0.05) is 0 Å². The molecule has 0 spiro atoms. The number of thiophene rings is 1. The third kappa shape index (κ3) is 3.12. The van der Waals surface area contributed by atoms with E-state index in [1.807, 2.05) is 0 Å². The molecule has 0 saturated carbocycles. The molecule has 0 unspecified atom stereocenters. The summed E-state index contributed by atoms with van der Waals surface area (Å²) in [6, 6.07) is 8.17. The molecule has 2 rings (SSSR count). The van der Waals surface area contributed by atoms with Crippen LogP contribution in [0.4, 0.5) is 10.1 Å². The quantitative estimate of drug-likeness (QED) is 0.912. The Morgan fingerprint density at radius 2 is 2.05 bits per heavy atom. The Morgan fingerprint density at radius 3 is 2.63 bits per heavy atom. The first-order valence-electron chi connectivity index (χ1n) is 4.90. The van der Waals surface area contributed by atoms with Gasteiger partial charge in [0.25, 0.3) is 10.0 Å². The second-order valence-electron chi connectivity index (χ2n) is 3.47. The molecule has 98 valence electrons. The number of benzene rings is 1. The highest BCUT2D eigenvalue weighted by Crippen LogP contribution is 2.27. The predicted octanol–water partition coefficient (Wildman–Crippen LogP) is 3.32. The van der Waals surface area contributed by atoms with Gasteiger partial charge in [0.15, 0.2) is 0 Å². The SMILES string of the molecule is N#Cc1cc(NS(=O)(=O)c2ccc(Br)s2)ccc1F. The van der Waals surface area contributed by atoms with Gasteiger partial charge in [0.1, 0.15) is 16.1 Å². The number of halogens is 2. The van der Waals surface area contributed by atoms with Crippen molar-refractivity contribution in [3.63, 3.8) is 0 Å². The fourth-order valence-corrected chi connectivity index (χ4v) is 4.38. The zero-order chi connectivity index (χ0) is 14.0. The molecule has 19 heavy (non-hydrogen) atoms. The number of rotatable bonds is 3. The van der Waals surface area contributed by atoms with Crippen molar-refractivity contribution in [1.29, 1.82) is 5.26 Å². The number of sulfonamides is 1. The molecule has 0 atom stereocenters. The Kier molecular flexibility index (Phi) is 3.89. The first kappa shape index (κ1) is 14.0. The summed E-state index contributed by atoms with van der Waals surface area (Å²) in [7, 11) is -3.72.